The average molecular weight is 330 g/mol. The van der Waals surface area contributed by atoms with Gasteiger partial charge in [0.25, 0.3) is 0 Å². The highest BCUT2D eigenvalue weighted by Crippen LogP contribution is 2.27. The predicted octanol–water partition coefficient (Wildman–Crippen LogP) is 2.44. The Morgan fingerprint density at radius 2 is 2.10 bits per heavy atom. The van der Waals surface area contributed by atoms with Gasteiger partial charge in [0.2, 0.25) is 10.0 Å². The van der Waals surface area contributed by atoms with Crippen molar-refractivity contribution in [3.05, 3.63) is 38.2 Å². The lowest BCUT2D eigenvalue weighted by molar-refractivity contribution is 0.473. The molecule has 0 saturated heterocycles. The zero-order valence-electron chi connectivity index (χ0n) is 11.5. The maximum Gasteiger partial charge on any atom is 0.243 e. The lowest BCUT2D eigenvalue weighted by Gasteiger charge is -2.16. The van der Waals surface area contributed by atoms with Gasteiger partial charge in [-0.1, -0.05) is 6.07 Å². The molecular formula is C13H18N2O2S3. The zero-order chi connectivity index (χ0) is 14.8. The van der Waals surface area contributed by atoms with Crippen molar-refractivity contribution in [1.82, 2.24) is 4.31 Å². The number of nitrogens with zero attached hydrogens (tertiary/aromatic N) is 1. The Labute approximate surface area is 127 Å². The molecule has 2 aromatic heterocycles. The van der Waals surface area contributed by atoms with Crippen LogP contribution in [0.25, 0.3) is 0 Å². The maximum atomic E-state index is 12.5. The van der Waals surface area contributed by atoms with Crippen LogP contribution in [0.15, 0.2) is 28.5 Å². The highest BCUT2D eigenvalue weighted by Gasteiger charge is 2.24. The third kappa shape index (κ3) is 3.29. The largest absolute Gasteiger partial charge is 0.326 e. The van der Waals surface area contributed by atoms with E-state index in [0.717, 1.165) is 16.2 Å². The summed E-state index contributed by atoms with van der Waals surface area (Å²) in [7, 11) is -1.79. The van der Waals surface area contributed by atoms with Gasteiger partial charge in [-0.05, 0) is 30.9 Å². The first-order chi connectivity index (χ1) is 9.45. The summed E-state index contributed by atoms with van der Waals surface area (Å²) in [5.74, 6) is 0. The van der Waals surface area contributed by atoms with E-state index < -0.39 is 10.0 Å². The molecule has 0 unspecified atom stereocenters. The molecule has 110 valence electrons. The molecule has 4 nitrogen and oxygen atoms in total. The molecule has 2 rings (SSSR count). The lowest BCUT2D eigenvalue weighted by Crippen LogP contribution is -2.29. The fourth-order valence-electron chi connectivity index (χ4n) is 1.89. The Balaban J connectivity index is 2.14. The Morgan fingerprint density at radius 1 is 1.35 bits per heavy atom. The van der Waals surface area contributed by atoms with Crippen molar-refractivity contribution in [3.8, 4) is 0 Å². The molecular weight excluding hydrogens is 312 g/mol. The van der Waals surface area contributed by atoms with Crippen LogP contribution in [-0.2, 0) is 23.0 Å². The van der Waals surface area contributed by atoms with Crippen molar-refractivity contribution in [2.24, 2.45) is 5.73 Å². The van der Waals surface area contributed by atoms with Gasteiger partial charge in [0.1, 0.15) is 0 Å². The molecule has 0 bridgehead atoms. The van der Waals surface area contributed by atoms with Crippen molar-refractivity contribution in [3.63, 3.8) is 0 Å². The number of likely N-dealkylation sites (N-methyl/N-ethyl adjacent to an activating group) is 1. The van der Waals surface area contributed by atoms with Gasteiger partial charge in [0.15, 0.2) is 0 Å². The van der Waals surface area contributed by atoms with Crippen LogP contribution in [0.2, 0.25) is 0 Å². The van der Waals surface area contributed by atoms with Crippen LogP contribution in [0.3, 0.4) is 0 Å². The third-order valence-corrected chi connectivity index (χ3v) is 7.19. The van der Waals surface area contributed by atoms with Gasteiger partial charge in [0, 0.05) is 34.8 Å². The van der Waals surface area contributed by atoms with E-state index in [9.17, 15) is 8.42 Å². The number of aryl methyl sites for hydroxylation is 1. The second-order valence-corrected chi connectivity index (χ2v) is 8.88. The van der Waals surface area contributed by atoms with Crippen molar-refractivity contribution in [2.45, 2.75) is 24.8 Å². The molecule has 0 atom stereocenters. The Bertz CT molecular complexity index is 660. The Morgan fingerprint density at radius 3 is 2.65 bits per heavy atom. The summed E-state index contributed by atoms with van der Waals surface area (Å²) in [6.07, 6.45) is 0.736. The molecule has 2 N–H and O–H groups in total. The molecule has 0 amide bonds. The van der Waals surface area contributed by atoms with Crippen LogP contribution < -0.4 is 5.73 Å². The molecule has 0 aliphatic carbocycles. The SMILES string of the molecule is Cc1sc(CN)cc1S(=O)(=O)N(C)CCc1cccs1. The summed E-state index contributed by atoms with van der Waals surface area (Å²) in [6.45, 7) is 2.68. The van der Waals surface area contributed by atoms with Crippen LogP contribution in [0.4, 0.5) is 0 Å². The van der Waals surface area contributed by atoms with Gasteiger partial charge in [0.05, 0.1) is 4.90 Å². The van der Waals surface area contributed by atoms with Gasteiger partial charge < -0.3 is 5.73 Å². The van der Waals surface area contributed by atoms with Crippen molar-refractivity contribution >= 4 is 32.7 Å². The van der Waals surface area contributed by atoms with Gasteiger partial charge in [-0.2, -0.15) is 0 Å². The second-order valence-electron chi connectivity index (χ2n) is 4.49. The van der Waals surface area contributed by atoms with E-state index in [4.69, 9.17) is 5.73 Å². The minimum absolute atomic E-state index is 0.375. The fraction of sp³-hybridized carbons (Fsp3) is 0.385. The third-order valence-electron chi connectivity index (χ3n) is 3.07. The normalized spacial score (nSPS) is 12.2. The number of hydrogen-bond acceptors (Lipinski definition) is 5. The summed E-state index contributed by atoms with van der Waals surface area (Å²) in [6, 6.07) is 5.69. The van der Waals surface area contributed by atoms with E-state index in [0.29, 0.717) is 18.0 Å². The van der Waals surface area contributed by atoms with E-state index in [1.165, 1.54) is 20.5 Å². The van der Waals surface area contributed by atoms with Crippen molar-refractivity contribution < 1.29 is 8.42 Å². The molecule has 0 fully saturated rings. The highest BCUT2D eigenvalue weighted by molar-refractivity contribution is 7.89. The second kappa shape index (κ2) is 6.36. The summed E-state index contributed by atoms with van der Waals surface area (Å²) < 4.78 is 26.5. The topological polar surface area (TPSA) is 63.4 Å². The van der Waals surface area contributed by atoms with E-state index in [2.05, 4.69) is 0 Å². The molecule has 0 spiro atoms. The number of nitrogens with two attached hydrogens (primary N) is 1. The summed E-state index contributed by atoms with van der Waals surface area (Å²) in [4.78, 5) is 3.27. The van der Waals surface area contributed by atoms with Crippen molar-refractivity contribution in [1.29, 1.82) is 0 Å². The van der Waals surface area contributed by atoms with Gasteiger partial charge in [-0.25, -0.2) is 12.7 Å². The first-order valence-electron chi connectivity index (χ1n) is 6.23. The Kier molecular flexibility index (Phi) is 4.98. The number of sulfonamides is 1. The van der Waals surface area contributed by atoms with Crippen LogP contribution in [0.5, 0.6) is 0 Å². The van der Waals surface area contributed by atoms with Crippen LogP contribution >= 0.6 is 22.7 Å². The Hall–Kier alpha value is -0.730. The van der Waals surface area contributed by atoms with Crippen LogP contribution in [0.1, 0.15) is 14.6 Å². The van der Waals surface area contributed by atoms with E-state index in [1.807, 2.05) is 24.4 Å². The van der Waals surface area contributed by atoms with Gasteiger partial charge >= 0.3 is 0 Å². The first-order valence-corrected chi connectivity index (χ1v) is 9.37. The predicted molar refractivity (Wildman–Crippen MR) is 84.8 cm³/mol. The molecule has 20 heavy (non-hydrogen) atoms. The molecule has 0 aromatic carbocycles. The monoisotopic (exact) mass is 330 g/mol. The molecule has 0 aliphatic rings. The number of hydrogen-bond donors (Lipinski definition) is 1. The first kappa shape index (κ1) is 15.7. The van der Waals surface area contributed by atoms with E-state index >= 15 is 0 Å². The smallest absolute Gasteiger partial charge is 0.243 e. The number of rotatable bonds is 6. The van der Waals surface area contributed by atoms with Crippen molar-refractivity contribution in [2.75, 3.05) is 13.6 Å². The number of thiophene rings is 2. The average Bonchev–Trinajstić information content (AvgIpc) is 3.04. The highest BCUT2D eigenvalue weighted by atomic mass is 32.2. The summed E-state index contributed by atoms with van der Waals surface area (Å²) in [5, 5.41) is 2.00. The molecule has 0 saturated carbocycles. The summed E-state index contributed by atoms with van der Waals surface area (Å²) >= 11 is 3.09. The molecule has 0 aliphatic heterocycles. The maximum absolute atomic E-state index is 12.5. The zero-order valence-corrected chi connectivity index (χ0v) is 13.9. The summed E-state index contributed by atoms with van der Waals surface area (Å²) in [5.41, 5.74) is 5.58. The standard InChI is InChI=1S/C13H18N2O2S3/c1-10-13(8-12(9-14)19-10)20(16,17)15(2)6-5-11-4-3-7-18-11/h3-4,7-8H,5-6,9,14H2,1-2H3. The minimum Gasteiger partial charge on any atom is -0.326 e. The minimum atomic E-state index is -3.42. The van der Waals surface area contributed by atoms with E-state index in [1.54, 1.807) is 24.5 Å². The molecule has 7 heteroatoms. The molecule has 0 radical (unpaired) electrons. The van der Waals surface area contributed by atoms with Crippen LogP contribution in [0, 0.1) is 6.92 Å². The van der Waals surface area contributed by atoms with Gasteiger partial charge in [-0.3, -0.25) is 0 Å². The lowest BCUT2D eigenvalue weighted by atomic mass is 10.3. The fourth-order valence-corrected chi connectivity index (χ4v) is 5.24. The molecule has 2 heterocycles. The molecule has 2 aromatic rings. The van der Waals surface area contributed by atoms with Gasteiger partial charge in [-0.15, -0.1) is 22.7 Å². The van der Waals surface area contributed by atoms with Crippen LogP contribution in [-0.4, -0.2) is 26.3 Å². The quantitative estimate of drug-likeness (QED) is 0.885. The van der Waals surface area contributed by atoms with E-state index in [-0.39, 0.29) is 0 Å².